The Bertz CT molecular complexity index is 579. The van der Waals surface area contributed by atoms with Crippen LogP contribution >= 0.6 is 0 Å². The van der Waals surface area contributed by atoms with Gasteiger partial charge in [0.25, 0.3) is 0 Å². The molecule has 126 valence electrons. The Morgan fingerprint density at radius 2 is 1.87 bits per heavy atom. The van der Waals surface area contributed by atoms with E-state index in [1.165, 1.54) is 18.2 Å². The van der Waals surface area contributed by atoms with Crippen LogP contribution in [0, 0.1) is 0 Å². The van der Waals surface area contributed by atoms with Gasteiger partial charge in [-0.1, -0.05) is 56.7 Å². The maximum absolute atomic E-state index is 9.70. The van der Waals surface area contributed by atoms with Crippen molar-refractivity contribution in [2.45, 2.75) is 39.2 Å². The van der Waals surface area contributed by atoms with E-state index in [-0.39, 0.29) is 12.6 Å². The standard InChI is InChI=1S/C20H29NO2/c1-3-5-14-21(4-2)18(16-22)13-15-23-20-12-8-10-17-9-6-7-11-19(17)20/h6-12,18,22H,3-5,13-16H2,1-2H3. The molecular weight excluding hydrogens is 286 g/mol. The number of aliphatic hydroxyl groups excluding tert-OH is 1. The van der Waals surface area contributed by atoms with Gasteiger partial charge >= 0.3 is 0 Å². The molecule has 1 atom stereocenters. The lowest BCUT2D eigenvalue weighted by atomic mass is 10.1. The van der Waals surface area contributed by atoms with Crippen LogP contribution in [-0.4, -0.2) is 42.4 Å². The quantitative estimate of drug-likeness (QED) is 0.717. The number of likely N-dealkylation sites (N-methyl/N-ethyl adjacent to an activating group) is 1. The molecule has 0 aromatic heterocycles. The van der Waals surface area contributed by atoms with Crippen molar-refractivity contribution in [3.63, 3.8) is 0 Å². The Balaban J connectivity index is 1.94. The van der Waals surface area contributed by atoms with Gasteiger partial charge in [0.2, 0.25) is 0 Å². The number of ether oxygens (including phenoxy) is 1. The second-order valence-corrected chi connectivity index (χ2v) is 5.93. The molecule has 0 spiro atoms. The fourth-order valence-electron chi connectivity index (χ4n) is 2.98. The van der Waals surface area contributed by atoms with Gasteiger partial charge in [-0.25, -0.2) is 0 Å². The van der Waals surface area contributed by atoms with Crippen LogP contribution in [-0.2, 0) is 0 Å². The van der Waals surface area contributed by atoms with E-state index in [9.17, 15) is 5.11 Å². The SMILES string of the molecule is CCCCN(CC)C(CO)CCOc1cccc2ccccc12. The molecule has 23 heavy (non-hydrogen) atoms. The zero-order valence-corrected chi connectivity index (χ0v) is 14.4. The summed E-state index contributed by atoms with van der Waals surface area (Å²) in [6.07, 6.45) is 3.20. The highest BCUT2D eigenvalue weighted by molar-refractivity contribution is 5.88. The van der Waals surface area contributed by atoms with Crippen molar-refractivity contribution in [2.24, 2.45) is 0 Å². The minimum absolute atomic E-state index is 0.182. The average Bonchev–Trinajstić information content (AvgIpc) is 2.60. The van der Waals surface area contributed by atoms with Crippen molar-refractivity contribution in [3.8, 4) is 5.75 Å². The van der Waals surface area contributed by atoms with Crippen molar-refractivity contribution < 1.29 is 9.84 Å². The normalized spacial score (nSPS) is 12.7. The van der Waals surface area contributed by atoms with Crippen LogP contribution in [0.3, 0.4) is 0 Å². The summed E-state index contributed by atoms with van der Waals surface area (Å²) in [5.41, 5.74) is 0. The molecule has 0 aliphatic rings. The first-order valence-corrected chi connectivity index (χ1v) is 8.75. The van der Waals surface area contributed by atoms with Crippen LogP contribution in [0.25, 0.3) is 10.8 Å². The number of hydrogen-bond donors (Lipinski definition) is 1. The number of hydrogen-bond acceptors (Lipinski definition) is 3. The van der Waals surface area contributed by atoms with Crippen molar-refractivity contribution in [3.05, 3.63) is 42.5 Å². The Hall–Kier alpha value is -1.58. The maximum atomic E-state index is 9.70. The molecule has 0 radical (unpaired) electrons. The molecule has 2 rings (SSSR count). The van der Waals surface area contributed by atoms with Crippen molar-refractivity contribution in [2.75, 3.05) is 26.3 Å². The van der Waals surface area contributed by atoms with Crippen LogP contribution in [0.2, 0.25) is 0 Å². The van der Waals surface area contributed by atoms with E-state index in [0.717, 1.165) is 30.6 Å². The minimum Gasteiger partial charge on any atom is -0.493 e. The van der Waals surface area contributed by atoms with E-state index >= 15 is 0 Å². The molecule has 3 nitrogen and oxygen atoms in total. The van der Waals surface area contributed by atoms with Gasteiger partial charge in [-0.2, -0.15) is 0 Å². The third-order valence-electron chi connectivity index (χ3n) is 4.39. The lowest BCUT2D eigenvalue weighted by Gasteiger charge is -2.29. The lowest BCUT2D eigenvalue weighted by Crippen LogP contribution is -2.39. The largest absolute Gasteiger partial charge is 0.493 e. The van der Waals surface area contributed by atoms with E-state index < -0.39 is 0 Å². The number of unbranched alkanes of at least 4 members (excludes halogenated alkanes) is 1. The molecule has 1 N–H and O–H groups in total. The predicted octanol–water partition coefficient (Wildman–Crippen LogP) is 4.09. The van der Waals surface area contributed by atoms with Crippen LogP contribution < -0.4 is 4.74 Å². The van der Waals surface area contributed by atoms with Crippen molar-refractivity contribution in [1.29, 1.82) is 0 Å². The Morgan fingerprint density at radius 1 is 1.09 bits per heavy atom. The molecule has 0 aliphatic carbocycles. The number of benzene rings is 2. The van der Waals surface area contributed by atoms with Crippen molar-refractivity contribution >= 4 is 10.8 Å². The lowest BCUT2D eigenvalue weighted by molar-refractivity contribution is 0.106. The van der Waals surface area contributed by atoms with Crippen LogP contribution in [0.1, 0.15) is 33.1 Å². The summed E-state index contributed by atoms with van der Waals surface area (Å²) in [6.45, 7) is 7.19. The highest BCUT2D eigenvalue weighted by Crippen LogP contribution is 2.25. The van der Waals surface area contributed by atoms with Gasteiger partial charge in [-0.3, -0.25) is 4.90 Å². The first kappa shape index (κ1) is 17.8. The van der Waals surface area contributed by atoms with Gasteiger partial charge in [0.1, 0.15) is 5.75 Å². The first-order chi connectivity index (χ1) is 11.3. The number of aliphatic hydroxyl groups is 1. The van der Waals surface area contributed by atoms with Crippen LogP contribution in [0.5, 0.6) is 5.75 Å². The molecule has 3 heteroatoms. The third kappa shape index (κ3) is 4.95. The molecule has 0 fully saturated rings. The Morgan fingerprint density at radius 3 is 2.61 bits per heavy atom. The molecule has 0 heterocycles. The molecule has 0 aliphatic heterocycles. The van der Waals surface area contributed by atoms with E-state index in [1.54, 1.807) is 0 Å². The summed E-state index contributed by atoms with van der Waals surface area (Å²) >= 11 is 0. The molecule has 0 bridgehead atoms. The Kier molecular flexibility index (Phi) is 7.37. The highest BCUT2D eigenvalue weighted by atomic mass is 16.5. The van der Waals surface area contributed by atoms with Gasteiger partial charge in [0.05, 0.1) is 13.2 Å². The summed E-state index contributed by atoms with van der Waals surface area (Å²) in [5, 5.41) is 12.0. The number of rotatable bonds is 10. The minimum atomic E-state index is 0.182. The van der Waals surface area contributed by atoms with Crippen LogP contribution in [0.4, 0.5) is 0 Å². The molecule has 2 aromatic rings. The summed E-state index contributed by atoms with van der Waals surface area (Å²) in [5.74, 6) is 0.927. The molecular formula is C20H29NO2. The van der Waals surface area contributed by atoms with Gasteiger partial charge in [0, 0.05) is 11.4 Å². The molecule has 0 saturated carbocycles. The topological polar surface area (TPSA) is 32.7 Å². The molecule has 0 saturated heterocycles. The van der Waals surface area contributed by atoms with Gasteiger partial charge in [-0.15, -0.1) is 0 Å². The van der Waals surface area contributed by atoms with Crippen LogP contribution in [0.15, 0.2) is 42.5 Å². The Labute approximate surface area is 139 Å². The second kappa shape index (κ2) is 9.53. The zero-order valence-electron chi connectivity index (χ0n) is 14.4. The third-order valence-corrected chi connectivity index (χ3v) is 4.39. The summed E-state index contributed by atoms with van der Waals surface area (Å²) < 4.78 is 6.01. The number of fused-ring (bicyclic) bond motifs is 1. The van der Waals surface area contributed by atoms with Gasteiger partial charge in [0.15, 0.2) is 0 Å². The van der Waals surface area contributed by atoms with E-state index in [4.69, 9.17) is 4.74 Å². The smallest absolute Gasteiger partial charge is 0.127 e. The van der Waals surface area contributed by atoms with Gasteiger partial charge < -0.3 is 9.84 Å². The fraction of sp³-hybridized carbons (Fsp3) is 0.500. The second-order valence-electron chi connectivity index (χ2n) is 5.93. The average molecular weight is 315 g/mol. The summed E-state index contributed by atoms with van der Waals surface area (Å²) in [7, 11) is 0. The summed E-state index contributed by atoms with van der Waals surface area (Å²) in [6, 6.07) is 14.6. The van der Waals surface area contributed by atoms with E-state index in [2.05, 4.69) is 36.9 Å². The predicted molar refractivity (Wildman–Crippen MR) is 97.1 cm³/mol. The maximum Gasteiger partial charge on any atom is 0.127 e. The van der Waals surface area contributed by atoms with Crippen molar-refractivity contribution in [1.82, 2.24) is 4.90 Å². The molecule has 1 unspecified atom stereocenters. The van der Waals surface area contributed by atoms with E-state index in [0.29, 0.717) is 6.61 Å². The zero-order chi connectivity index (χ0) is 16.5. The molecule has 0 amide bonds. The first-order valence-electron chi connectivity index (χ1n) is 8.75. The molecule has 2 aromatic carbocycles. The number of nitrogens with zero attached hydrogens (tertiary/aromatic N) is 1. The highest BCUT2D eigenvalue weighted by Gasteiger charge is 2.15. The fourth-order valence-corrected chi connectivity index (χ4v) is 2.98. The van der Waals surface area contributed by atoms with Gasteiger partial charge in [-0.05, 0) is 37.4 Å². The van der Waals surface area contributed by atoms with E-state index in [1.807, 2.05) is 24.3 Å². The summed E-state index contributed by atoms with van der Waals surface area (Å²) in [4.78, 5) is 2.36. The monoisotopic (exact) mass is 315 g/mol.